The van der Waals surface area contributed by atoms with Gasteiger partial charge in [-0.3, -0.25) is 14.3 Å². The summed E-state index contributed by atoms with van der Waals surface area (Å²) in [4.78, 5) is 25.2. The molecule has 0 amide bonds. The van der Waals surface area contributed by atoms with Gasteiger partial charge < -0.3 is 9.67 Å². The number of aliphatic hydroxyl groups excluding tert-OH is 1. The van der Waals surface area contributed by atoms with Gasteiger partial charge in [-0.1, -0.05) is 37.3 Å². The molecule has 0 bridgehead atoms. The predicted molar refractivity (Wildman–Crippen MR) is 121 cm³/mol. The Morgan fingerprint density at radius 3 is 2.47 bits per heavy atom. The van der Waals surface area contributed by atoms with Crippen LogP contribution in [-0.2, 0) is 14.1 Å². The van der Waals surface area contributed by atoms with Crippen LogP contribution in [0.25, 0.3) is 17.2 Å². The fourth-order valence-corrected chi connectivity index (χ4v) is 3.02. The Balaban J connectivity index is 0.00000101. The molecule has 156 valence electrons. The molecule has 2 heterocycles. The lowest BCUT2D eigenvalue weighted by molar-refractivity contribution is 0.103. The van der Waals surface area contributed by atoms with Crippen LogP contribution in [0.5, 0.6) is 0 Å². The number of aromatic nitrogens is 3. The number of hydrogen-bond acceptors (Lipinski definition) is 4. The van der Waals surface area contributed by atoms with Gasteiger partial charge in [-0.05, 0) is 36.2 Å². The number of carbonyl (C=O) groups is 1. The number of pyridine rings is 1. The second-order valence-electron chi connectivity index (χ2n) is 6.45. The maximum absolute atomic E-state index is 13.1. The Labute approximate surface area is 180 Å². The molecular formula is C23H24ClN3O3. The minimum absolute atomic E-state index is 0.107. The average Bonchev–Trinajstić information content (AvgIpc) is 3.10. The zero-order valence-corrected chi connectivity index (χ0v) is 17.9. The highest BCUT2D eigenvalue weighted by Crippen LogP contribution is 2.29. The van der Waals surface area contributed by atoms with E-state index in [0.717, 1.165) is 23.8 Å². The van der Waals surface area contributed by atoms with Crippen molar-refractivity contribution in [1.29, 1.82) is 0 Å². The molecule has 0 aliphatic carbocycles. The van der Waals surface area contributed by atoms with Crippen molar-refractivity contribution in [3.05, 3.63) is 93.8 Å². The quantitative estimate of drug-likeness (QED) is 0.471. The van der Waals surface area contributed by atoms with E-state index in [2.05, 4.69) is 11.7 Å². The molecule has 3 rings (SSSR count). The van der Waals surface area contributed by atoms with Gasteiger partial charge in [-0.25, -0.2) is 0 Å². The number of ketones is 1. The van der Waals surface area contributed by atoms with Crippen molar-refractivity contribution in [2.45, 2.75) is 13.3 Å². The summed E-state index contributed by atoms with van der Waals surface area (Å²) in [6, 6.07) is 8.34. The first kappa shape index (κ1) is 22.9. The number of benzene rings is 1. The largest absolute Gasteiger partial charge is 0.516 e. The number of nitrogens with zero attached hydrogens (tertiary/aromatic N) is 3. The molecule has 0 aliphatic heterocycles. The number of halogens is 1. The van der Waals surface area contributed by atoms with Gasteiger partial charge in [0.2, 0.25) is 5.78 Å². The molecule has 1 aromatic carbocycles. The van der Waals surface area contributed by atoms with Crippen LogP contribution in [-0.4, -0.2) is 25.2 Å². The van der Waals surface area contributed by atoms with E-state index in [0.29, 0.717) is 21.8 Å². The Bertz CT molecular complexity index is 1130. The van der Waals surface area contributed by atoms with Crippen molar-refractivity contribution >= 4 is 23.5 Å². The van der Waals surface area contributed by atoms with Crippen molar-refractivity contribution in [3.63, 3.8) is 0 Å². The van der Waals surface area contributed by atoms with E-state index in [1.807, 2.05) is 19.1 Å². The van der Waals surface area contributed by atoms with Gasteiger partial charge in [0.15, 0.2) is 0 Å². The summed E-state index contributed by atoms with van der Waals surface area (Å²) in [5.41, 5.74) is 3.11. The minimum Gasteiger partial charge on any atom is -0.516 e. The topological polar surface area (TPSA) is 77.1 Å². The Kier molecular flexibility index (Phi) is 7.95. The first-order chi connectivity index (χ1) is 14.3. The standard InChI is InChI=1S/C21H20ClN3O2.C2H4O/c1-4-5-6-15-11-19(26)24(2)13-18(15)17-12-23-25(3)20(17)21(27)14-7-9-16(22)10-8-14;1-2-3/h5-13H,4H2,1-3H3;2-3H,1H2/b6-5+;. The summed E-state index contributed by atoms with van der Waals surface area (Å²) in [5.74, 6) is -0.152. The van der Waals surface area contributed by atoms with Gasteiger partial charge in [-0.2, -0.15) is 5.10 Å². The summed E-state index contributed by atoms with van der Waals surface area (Å²) in [5, 5.41) is 12.2. The number of aliphatic hydroxyl groups is 1. The third kappa shape index (κ3) is 5.15. The summed E-state index contributed by atoms with van der Waals surface area (Å²) in [6.07, 6.45) is 8.88. The van der Waals surface area contributed by atoms with Crippen LogP contribution in [0, 0.1) is 0 Å². The number of aryl methyl sites for hydroxylation is 2. The van der Waals surface area contributed by atoms with Gasteiger partial charge in [0, 0.05) is 48.1 Å². The third-order valence-electron chi connectivity index (χ3n) is 4.34. The highest BCUT2D eigenvalue weighted by Gasteiger charge is 2.21. The van der Waals surface area contributed by atoms with Gasteiger partial charge >= 0.3 is 0 Å². The van der Waals surface area contributed by atoms with Gasteiger partial charge in [0.1, 0.15) is 5.69 Å². The number of rotatable bonds is 5. The maximum Gasteiger partial charge on any atom is 0.250 e. The van der Waals surface area contributed by atoms with Gasteiger partial charge in [0.25, 0.3) is 5.56 Å². The summed E-state index contributed by atoms with van der Waals surface area (Å²) in [6.45, 7) is 4.94. The van der Waals surface area contributed by atoms with Crippen molar-refractivity contribution < 1.29 is 9.90 Å². The number of allylic oxidation sites excluding steroid dienone is 1. The lowest BCUT2D eigenvalue weighted by atomic mass is 9.97. The molecule has 6 nitrogen and oxygen atoms in total. The van der Waals surface area contributed by atoms with Gasteiger partial charge in [0.05, 0.1) is 12.5 Å². The molecule has 7 heteroatoms. The number of carbonyl (C=O) groups excluding carboxylic acids is 1. The van der Waals surface area contributed by atoms with Crippen LogP contribution >= 0.6 is 11.6 Å². The first-order valence-electron chi connectivity index (χ1n) is 9.29. The normalized spacial score (nSPS) is 10.5. The van der Waals surface area contributed by atoms with E-state index in [-0.39, 0.29) is 11.3 Å². The molecule has 0 aliphatic rings. The highest BCUT2D eigenvalue weighted by atomic mass is 35.5. The molecule has 2 aromatic heterocycles. The number of hydrogen-bond donors (Lipinski definition) is 1. The first-order valence-corrected chi connectivity index (χ1v) is 9.66. The molecule has 0 spiro atoms. The van der Waals surface area contributed by atoms with E-state index in [9.17, 15) is 9.59 Å². The fraction of sp³-hybridized carbons (Fsp3) is 0.174. The second kappa shape index (κ2) is 10.4. The molecule has 0 unspecified atom stereocenters. The second-order valence-corrected chi connectivity index (χ2v) is 6.89. The summed E-state index contributed by atoms with van der Waals surface area (Å²) in [7, 11) is 3.42. The lowest BCUT2D eigenvalue weighted by Crippen LogP contribution is -2.16. The van der Waals surface area contributed by atoms with Gasteiger partial charge in [-0.15, -0.1) is 0 Å². The van der Waals surface area contributed by atoms with Crippen molar-refractivity contribution in [2.24, 2.45) is 14.1 Å². The fourth-order valence-electron chi connectivity index (χ4n) is 2.89. The molecule has 0 saturated carbocycles. The Morgan fingerprint density at radius 1 is 1.23 bits per heavy atom. The predicted octanol–water partition coefficient (Wildman–Crippen LogP) is 4.78. The smallest absolute Gasteiger partial charge is 0.250 e. The van der Waals surface area contributed by atoms with Crippen LogP contribution < -0.4 is 5.56 Å². The Morgan fingerprint density at radius 2 is 1.87 bits per heavy atom. The molecular weight excluding hydrogens is 402 g/mol. The highest BCUT2D eigenvalue weighted by molar-refractivity contribution is 6.30. The maximum atomic E-state index is 13.1. The van der Waals surface area contributed by atoms with Crippen molar-refractivity contribution in [3.8, 4) is 11.1 Å². The monoisotopic (exact) mass is 425 g/mol. The third-order valence-corrected chi connectivity index (χ3v) is 4.60. The molecule has 0 radical (unpaired) electrons. The van der Waals surface area contributed by atoms with Crippen LogP contribution in [0.4, 0.5) is 0 Å². The zero-order chi connectivity index (χ0) is 22.3. The minimum atomic E-state index is -0.152. The van der Waals surface area contributed by atoms with Crippen LogP contribution in [0.1, 0.15) is 35.0 Å². The SMILES string of the molecule is C=CO.CC/C=C/c1cc(=O)n(C)cc1-c1cnn(C)c1C(=O)c1ccc(Cl)cc1. The van der Waals surface area contributed by atoms with E-state index in [1.165, 1.54) is 4.57 Å². The molecule has 1 N–H and O–H groups in total. The van der Waals surface area contributed by atoms with Crippen molar-refractivity contribution in [2.75, 3.05) is 0 Å². The molecule has 0 fully saturated rings. The van der Waals surface area contributed by atoms with Crippen LogP contribution in [0.3, 0.4) is 0 Å². The van der Waals surface area contributed by atoms with E-state index in [4.69, 9.17) is 16.7 Å². The molecule has 30 heavy (non-hydrogen) atoms. The van der Waals surface area contributed by atoms with E-state index in [1.54, 1.807) is 61.5 Å². The van der Waals surface area contributed by atoms with Crippen molar-refractivity contribution in [1.82, 2.24) is 14.3 Å². The van der Waals surface area contributed by atoms with E-state index >= 15 is 0 Å². The molecule has 3 aromatic rings. The summed E-state index contributed by atoms with van der Waals surface area (Å²) >= 11 is 5.93. The van der Waals surface area contributed by atoms with Crippen LogP contribution in [0.2, 0.25) is 5.02 Å². The molecule has 0 saturated heterocycles. The summed E-state index contributed by atoms with van der Waals surface area (Å²) < 4.78 is 3.06. The Hall–Kier alpha value is -3.38. The average molecular weight is 426 g/mol. The zero-order valence-electron chi connectivity index (χ0n) is 17.2. The molecule has 0 atom stereocenters. The van der Waals surface area contributed by atoms with E-state index < -0.39 is 0 Å². The lowest BCUT2D eigenvalue weighted by Gasteiger charge is -2.10. The van der Waals surface area contributed by atoms with Crippen LogP contribution in [0.15, 0.2) is 66.4 Å².